The molecular weight excluding hydrogens is 549 g/mol. The van der Waals surface area contributed by atoms with Gasteiger partial charge in [0, 0.05) is 17.1 Å². The molecule has 0 radical (unpaired) electrons. The van der Waals surface area contributed by atoms with Crippen molar-refractivity contribution in [2.75, 3.05) is 0 Å². The number of pyridine rings is 1. The summed E-state index contributed by atoms with van der Waals surface area (Å²) < 4.78 is 25.1. The van der Waals surface area contributed by atoms with Gasteiger partial charge in [-0.25, -0.2) is 19.6 Å². The summed E-state index contributed by atoms with van der Waals surface area (Å²) in [4.78, 5) is 14.2. The van der Waals surface area contributed by atoms with Crippen LogP contribution in [0, 0.1) is 0 Å². The lowest BCUT2D eigenvalue weighted by atomic mass is 10.1. The average Bonchev–Trinajstić information content (AvgIpc) is 3.34. The highest BCUT2D eigenvalue weighted by atomic mass is 32.2. The van der Waals surface area contributed by atoms with Crippen LogP contribution in [-0.4, -0.2) is 48.1 Å². The summed E-state index contributed by atoms with van der Waals surface area (Å²) in [6, 6.07) is 14.0. The molecule has 1 unspecified atom stereocenters. The van der Waals surface area contributed by atoms with Crippen LogP contribution in [0.3, 0.4) is 0 Å². The Morgan fingerprint density at radius 1 is 1.05 bits per heavy atom. The van der Waals surface area contributed by atoms with E-state index in [0.717, 1.165) is 40.1 Å². The Labute approximate surface area is 248 Å². The van der Waals surface area contributed by atoms with Crippen LogP contribution in [0.4, 0.5) is 0 Å². The number of nitrogens with zero attached hydrogens (tertiary/aromatic N) is 6. The van der Waals surface area contributed by atoms with E-state index in [2.05, 4.69) is 61.3 Å². The monoisotopic (exact) mass is 590 g/mol. The third kappa shape index (κ3) is 7.30. The maximum Gasteiger partial charge on any atom is 0.192 e. The summed E-state index contributed by atoms with van der Waals surface area (Å²) in [5.74, 6) is 1.24. The molecule has 0 aliphatic carbocycles. The molecule has 0 aliphatic heterocycles. The van der Waals surface area contributed by atoms with Crippen LogP contribution >= 0.6 is 0 Å². The van der Waals surface area contributed by atoms with Gasteiger partial charge in [-0.15, -0.1) is 0 Å². The first-order chi connectivity index (χ1) is 19.2. The zero-order valence-corrected chi connectivity index (χ0v) is 27.5. The lowest BCUT2D eigenvalue weighted by molar-refractivity contribution is 0.272. The maximum absolute atomic E-state index is 12.8. The van der Waals surface area contributed by atoms with Gasteiger partial charge >= 0.3 is 0 Å². The summed E-state index contributed by atoms with van der Waals surface area (Å²) in [6.07, 6.45) is 5.08. The first-order valence-corrected chi connectivity index (χ1v) is 18.1. The molecule has 1 atom stereocenters. The van der Waals surface area contributed by atoms with Gasteiger partial charge in [-0.2, -0.15) is 5.10 Å². The van der Waals surface area contributed by atoms with Crippen LogP contribution in [0.25, 0.3) is 28.0 Å². The van der Waals surface area contributed by atoms with Gasteiger partial charge in [0.05, 0.1) is 29.7 Å². The molecule has 218 valence electrons. The summed E-state index contributed by atoms with van der Waals surface area (Å²) in [7, 11) is -1.90. The fourth-order valence-electron chi connectivity index (χ4n) is 3.83. The molecule has 0 saturated carbocycles. The quantitative estimate of drug-likeness (QED) is 0.114. The smallest absolute Gasteiger partial charge is 0.192 e. The Kier molecular flexibility index (Phi) is 9.18. The van der Waals surface area contributed by atoms with Gasteiger partial charge in [0.25, 0.3) is 0 Å². The van der Waals surface area contributed by atoms with Crippen molar-refractivity contribution in [1.29, 1.82) is 0 Å². The Balaban J connectivity index is 1.66. The maximum atomic E-state index is 12.8. The first-order valence-electron chi connectivity index (χ1n) is 14.1. The molecule has 0 N–H and O–H groups in total. The van der Waals surface area contributed by atoms with Gasteiger partial charge in [0.2, 0.25) is 0 Å². The number of hydrogen-bond acceptors (Lipinski definition) is 7. The molecule has 41 heavy (non-hydrogen) atoms. The van der Waals surface area contributed by atoms with E-state index in [0.29, 0.717) is 24.6 Å². The number of rotatable bonds is 9. The third-order valence-corrected chi connectivity index (χ3v) is 13.3. The number of benzene rings is 1. The molecule has 0 amide bonds. The highest BCUT2D eigenvalue weighted by Crippen LogP contribution is 2.37. The number of aromatic nitrogens is 5. The van der Waals surface area contributed by atoms with Gasteiger partial charge in [0.15, 0.2) is 20.0 Å². The van der Waals surface area contributed by atoms with Crippen LogP contribution in [0.1, 0.15) is 72.8 Å². The Morgan fingerprint density at radius 2 is 1.80 bits per heavy atom. The van der Waals surface area contributed by atoms with Crippen molar-refractivity contribution in [3.05, 3.63) is 66.4 Å². The predicted molar refractivity (Wildman–Crippen MR) is 171 cm³/mol. The molecule has 4 aromatic rings. The summed E-state index contributed by atoms with van der Waals surface area (Å²) in [5.41, 5.74) is 4.15. The molecule has 8 nitrogen and oxygen atoms in total. The summed E-state index contributed by atoms with van der Waals surface area (Å²) in [5, 5.41) is 5.78. The van der Waals surface area contributed by atoms with E-state index in [-0.39, 0.29) is 5.04 Å². The first kappa shape index (κ1) is 31.0. The van der Waals surface area contributed by atoms with Crippen LogP contribution in [0.5, 0.6) is 0 Å². The topological polar surface area (TPSA) is 101 Å². The third-order valence-electron chi connectivity index (χ3n) is 7.38. The molecule has 3 aromatic heterocycles. The van der Waals surface area contributed by atoms with Gasteiger partial charge in [-0.05, 0) is 69.6 Å². The second-order valence-corrected chi connectivity index (χ2v) is 19.5. The lowest BCUT2D eigenvalue weighted by Crippen LogP contribution is -2.40. The number of hydrogen-bond donors (Lipinski definition) is 0. The minimum atomic E-state index is -1.90. The van der Waals surface area contributed by atoms with Gasteiger partial charge in [0.1, 0.15) is 21.8 Å². The highest BCUT2D eigenvalue weighted by Gasteiger charge is 2.37. The van der Waals surface area contributed by atoms with Crippen molar-refractivity contribution >= 4 is 36.3 Å². The van der Waals surface area contributed by atoms with Crippen molar-refractivity contribution in [1.82, 2.24) is 24.7 Å². The van der Waals surface area contributed by atoms with E-state index in [1.165, 1.54) is 0 Å². The van der Waals surface area contributed by atoms with E-state index < -0.39 is 24.4 Å². The normalized spacial score (nSPS) is 14.0. The zero-order chi connectivity index (χ0) is 30.0. The van der Waals surface area contributed by atoms with Gasteiger partial charge < -0.3 is 8.98 Å². The largest absolute Gasteiger partial charge is 0.591 e. The van der Waals surface area contributed by atoms with Crippen molar-refractivity contribution in [2.45, 2.75) is 90.8 Å². The molecular formula is C31H42N6O2SSi. The van der Waals surface area contributed by atoms with E-state index in [9.17, 15) is 4.55 Å². The Bertz CT molecular complexity index is 1540. The Hall–Kier alpha value is -2.92. The molecule has 0 fully saturated rings. The predicted octanol–water partition coefficient (Wildman–Crippen LogP) is 7.45. The molecule has 0 aliphatic rings. The van der Waals surface area contributed by atoms with Crippen LogP contribution < -0.4 is 0 Å². The standard InChI is InChI=1S/C31H42N6O2SSi/c1-10-12-26(36-40(38)30(2,3)4)29-32-18-17-25(35-29)22-15-16-23-20-33-37(27(23)19-22)28-14-11-13-24(34-28)21-39-41(8,9)31(5,6)7/h11,13-20H,10,12,21H2,1-9H3. The molecule has 1 aromatic carbocycles. The average molecular weight is 591 g/mol. The molecule has 0 spiro atoms. The fraction of sp³-hybridized carbons (Fsp3) is 0.452. The van der Waals surface area contributed by atoms with Crippen LogP contribution in [-0.2, 0) is 22.4 Å². The second kappa shape index (κ2) is 12.1. The minimum Gasteiger partial charge on any atom is -0.591 e. The molecule has 3 heterocycles. The molecule has 10 heteroatoms. The van der Waals surface area contributed by atoms with Crippen molar-refractivity contribution in [3.8, 4) is 17.1 Å². The van der Waals surface area contributed by atoms with E-state index in [1.54, 1.807) is 6.20 Å². The lowest BCUT2D eigenvalue weighted by Gasteiger charge is -2.36. The van der Waals surface area contributed by atoms with E-state index in [1.807, 2.05) is 68.0 Å². The molecule has 0 saturated heterocycles. The van der Waals surface area contributed by atoms with E-state index in [4.69, 9.17) is 14.4 Å². The van der Waals surface area contributed by atoms with E-state index >= 15 is 0 Å². The van der Waals surface area contributed by atoms with Crippen LogP contribution in [0.2, 0.25) is 18.1 Å². The number of fused-ring (bicyclic) bond motifs is 1. The minimum absolute atomic E-state index is 0.132. The van der Waals surface area contributed by atoms with Crippen molar-refractivity contribution in [3.63, 3.8) is 0 Å². The fourth-order valence-corrected chi connectivity index (χ4v) is 5.42. The van der Waals surface area contributed by atoms with Crippen LogP contribution in [0.15, 0.2) is 59.3 Å². The summed E-state index contributed by atoms with van der Waals surface area (Å²) in [6.45, 7) is 19.5. The second-order valence-electron chi connectivity index (χ2n) is 12.8. The Morgan fingerprint density at radius 3 is 2.49 bits per heavy atom. The molecule has 0 bridgehead atoms. The SMILES string of the molecule is CCCC(=N[S+]([O-])C(C)(C)C)c1nccc(-c2ccc3cnn(-c4cccc(CO[Si](C)(C)C(C)(C)C)n4)c3c2)n1. The van der Waals surface area contributed by atoms with Gasteiger partial charge in [-0.3, -0.25) is 0 Å². The summed E-state index contributed by atoms with van der Waals surface area (Å²) >= 11 is -1.39. The highest BCUT2D eigenvalue weighted by molar-refractivity contribution is 7.91. The van der Waals surface area contributed by atoms with Gasteiger partial charge in [-0.1, -0.05) is 56.7 Å². The zero-order valence-electron chi connectivity index (χ0n) is 25.7. The van der Waals surface area contributed by atoms with Crippen molar-refractivity contribution in [2.24, 2.45) is 4.40 Å². The van der Waals surface area contributed by atoms with Crippen molar-refractivity contribution < 1.29 is 8.98 Å². The molecule has 4 rings (SSSR count).